The third-order valence-corrected chi connectivity index (χ3v) is 10.0. The van der Waals surface area contributed by atoms with E-state index in [4.69, 9.17) is 8.83 Å². The normalized spacial score (nSPS) is 20.0. The van der Waals surface area contributed by atoms with E-state index in [1.165, 1.54) is 0 Å². The second kappa shape index (κ2) is 9.28. The Balaban J connectivity index is 1.59. The van der Waals surface area contributed by atoms with Gasteiger partial charge < -0.3 is 49.7 Å². The molecule has 2 aliphatic carbocycles. The molecule has 0 saturated heterocycles. The van der Waals surface area contributed by atoms with Crippen LogP contribution in [0.15, 0.2) is 60.4 Å². The summed E-state index contributed by atoms with van der Waals surface area (Å²) in [7, 11) is 0. The minimum absolute atomic E-state index is 0.0553. The van der Waals surface area contributed by atoms with Gasteiger partial charge in [0.15, 0.2) is 22.7 Å². The average molecular weight is 653 g/mol. The summed E-state index contributed by atoms with van der Waals surface area (Å²) in [5, 5.41) is 85.8. The molecule has 0 spiro atoms. The van der Waals surface area contributed by atoms with Gasteiger partial charge in [0.1, 0.15) is 44.9 Å². The molecule has 0 fully saturated rings. The number of hydrogen-bond acceptors (Lipinski definition) is 12. The van der Waals surface area contributed by atoms with E-state index in [2.05, 4.69) is 0 Å². The second-order valence-corrected chi connectivity index (χ2v) is 13.5. The SMILES string of the molecule is CC1=C[C@@H]2c3c(c(O)c(O)c4oc5cc(O)cc(O)c5c(=O)c34)C(c3cc(O)c(O)c4oc5cc(O)cc(O)c5c(=O)c34)[C@H]2C(C)(C)C1. The summed E-state index contributed by atoms with van der Waals surface area (Å²) in [5.74, 6) is -7.09. The van der Waals surface area contributed by atoms with Crippen molar-refractivity contribution < 1.29 is 49.7 Å². The van der Waals surface area contributed by atoms with Crippen LogP contribution in [0.2, 0.25) is 0 Å². The van der Waals surface area contributed by atoms with E-state index in [1.54, 1.807) is 0 Å². The van der Waals surface area contributed by atoms with Crippen molar-refractivity contribution in [2.24, 2.45) is 11.3 Å². The molecule has 0 saturated carbocycles. The van der Waals surface area contributed by atoms with Gasteiger partial charge in [0.05, 0.1) is 10.8 Å². The lowest BCUT2D eigenvalue weighted by molar-refractivity contribution is 0.173. The highest BCUT2D eigenvalue weighted by atomic mass is 16.4. The number of rotatable bonds is 1. The Kier molecular flexibility index (Phi) is 5.68. The lowest BCUT2D eigenvalue weighted by atomic mass is 9.61. The number of benzene rings is 4. The summed E-state index contributed by atoms with van der Waals surface area (Å²) in [4.78, 5) is 28.5. The number of hydrogen-bond donors (Lipinski definition) is 8. The zero-order valence-corrected chi connectivity index (χ0v) is 25.6. The van der Waals surface area contributed by atoms with Gasteiger partial charge in [-0.25, -0.2) is 0 Å². The molecule has 0 amide bonds. The molecule has 0 aliphatic heterocycles. The Hall–Kier alpha value is -6.04. The molecule has 0 bridgehead atoms. The smallest absolute Gasteiger partial charge is 0.204 e. The molecule has 8 rings (SSSR count). The fraction of sp³-hybridized carbons (Fsp3) is 0.222. The maximum absolute atomic E-state index is 14.3. The van der Waals surface area contributed by atoms with Crippen LogP contribution in [0.3, 0.4) is 0 Å². The molecule has 48 heavy (non-hydrogen) atoms. The fourth-order valence-corrected chi connectivity index (χ4v) is 8.46. The maximum Gasteiger partial charge on any atom is 0.204 e. The Morgan fingerprint density at radius 1 is 0.646 bits per heavy atom. The van der Waals surface area contributed by atoms with Crippen molar-refractivity contribution in [3.05, 3.63) is 79.1 Å². The van der Waals surface area contributed by atoms with E-state index in [0.29, 0.717) is 6.42 Å². The van der Waals surface area contributed by atoms with E-state index < -0.39 is 85.6 Å². The Labute approximate surface area is 268 Å². The number of phenolic OH excluding ortho intramolecular Hbond substituents is 8. The van der Waals surface area contributed by atoms with Crippen LogP contribution in [0, 0.1) is 11.3 Å². The van der Waals surface area contributed by atoms with E-state index >= 15 is 0 Å². The van der Waals surface area contributed by atoms with Gasteiger partial charge in [-0.3, -0.25) is 9.59 Å². The highest BCUT2D eigenvalue weighted by Gasteiger charge is 2.53. The summed E-state index contributed by atoms with van der Waals surface area (Å²) >= 11 is 0. The third-order valence-electron chi connectivity index (χ3n) is 10.0. The molecule has 2 heterocycles. The highest BCUT2D eigenvalue weighted by Crippen LogP contribution is 2.66. The van der Waals surface area contributed by atoms with Gasteiger partial charge in [-0.1, -0.05) is 25.5 Å². The minimum Gasteiger partial charge on any atom is -0.508 e. The van der Waals surface area contributed by atoms with Gasteiger partial charge in [-0.15, -0.1) is 0 Å². The van der Waals surface area contributed by atoms with Crippen molar-refractivity contribution in [2.45, 2.75) is 39.0 Å². The molecule has 2 aromatic heterocycles. The van der Waals surface area contributed by atoms with Crippen LogP contribution in [0.4, 0.5) is 0 Å². The molecular formula is C36H28O12. The predicted octanol–water partition coefficient (Wildman–Crippen LogP) is 6.07. The van der Waals surface area contributed by atoms with Gasteiger partial charge in [0, 0.05) is 41.7 Å². The Morgan fingerprint density at radius 2 is 1.19 bits per heavy atom. The van der Waals surface area contributed by atoms with E-state index in [-0.39, 0.29) is 55.0 Å². The molecule has 12 heteroatoms. The standard InChI is InChI=1S/C36H28O12/c1-11-4-15-21-26(32(45)33(46)35-27(21)31(44)25-17(40)6-13(38)8-20(25)48-35)22(28(15)36(2,3)10-11)14-9-18(41)29(42)34-23(14)30(43)24-16(39)5-12(37)7-19(24)47-34/h4-9,15,22,28,37-42,45-46H,10H2,1-3H3/t15-,22?,28+/m1/s1. The average Bonchev–Trinajstić information content (AvgIpc) is 3.32. The van der Waals surface area contributed by atoms with Crippen molar-refractivity contribution in [1.29, 1.82) is 0 Å². The van der Waals surface area contributed by atoms with Gasteiger partial charge in [0.2, 0.25) is 22.4 Å². The molecule has 0 radical (unpaired) electrons. The Morgan fingerprint density at radius 3 is 1.77 bits per heavy atom. The number of fused-ring (bicyclic) bond motifs is 8. The summed E-state index contributed by atoms with van der Waals surface area (Å²) in [6.45, 7) is 5.86. The minimum atomic E-state index is -1.03. The van der Waals surface area contributed by atoms with Crippen LogP contribution in [-0.2, 0) is 0 Å². The highest BCUT2D eigenvalue weighted by molar-refractivity contribution is 6.02. The van der Waals surface area contributed by atoms with Crippen molar-refractivity contribution in [3.63, 3.8) is 0 Å². The number of aromatic hydroxyl groups is 8. The maximum atomic E-state index is 14.3. The first-order valence-electron chi connectivity index (χ1n) is 15.1. The number of phenols is 8. The first-order valence-corrected chi connectivity index (χ1v) is 15.1. The van der Waals surface area contributed by atoms with Crippen molar-refractivity contribution >= 4 is 43.9 Å². The van der Waals surface area contributed by atoms with Crippen molar-refractivity contribution in [2.75, 3.05) is 0 Å². The molecule has 12 nitrogen and oxygen atoms in total. The zero-order chi connectivity index (χ0) is 34.3. The van der Waals surface area contributed by atoms with Gasteiger partial charge in [0.25, 0.3) is 0 Å². The monoisotopic (exact) mass is 652 g/mol. The van der Waals surface area contributed by atoms with Crippen LogP contribution in [-0.4, -0.2) is 40.9 Å². The molecule has 1 unspecified atom stereocenters. The molecular weight excluding hydrogens is 624 g/mol. The first kappa shape index (κ1) is 29.4. The van der Waals surface area contributed by atoms with Gasteiger partial charge in [-0.05, 0) is 41.9 Å². The van der Waals surface area contributed by atoms with Crippen LogP contribution in [0.5, 0.6) is 46.0 Å². The van der Waals surface area contributed by atoms with E-state index in [9.17, 15) is 50.4 Å². The topological polar surface area (TPSA) is 222 Å². The van der Waals surface area contributed by atoms with Crippen LogP contribution < -0.4 is 10.9 Å². The Bertz CT molecular complexity index is 2620. The van der Waals surface area contributed by atoms with E-state index in [0.717, 1.165) is 35.9 Å². The summed E-state index contributed by atoms with van der Waals surface area (Å²) in [6.07, 6.45) is 2.49. The largest absolute Gasteiger partial charge is 0.508 e. The number of allylic oxidation sites excluding steroid dienone is 2. The zero-order valence-electron chi connectivity index (χ0n) is 25.6. The van der Waals surface area contributed by atoms with Crippen molar-refractivity contribution in [3.8, 4) is 46.0 Å². The molecule has 8 N–H and O–H groups in total. The van der Waals surface area contributed by atoms with Crippen LogP contribution >= 0.6 is 0 Å². The summed E-state index contributed by atoms with van der Waals surface area (Å²) in [5.41, 5.74) is -2.12. The molecule has 244 valence electrons. The summed E-state index contributed by atoms with van der Waals surface area (Å²) < 4.78 is 11.7. The van der Waals surface area contributed by atoms with Crippen molar-refractivity contribution in [1.82, 2.24) is 0 Å². The van der Waals surface area contributed by atoms with E-state index in [1.807, 2.05) is 26.8 Å². The predicted molar refractivity (Wildman–Crippen MR) is 174 cm³/mol. The van der Waals surface area contributed by atoms with Gasteiger partial charge in [-0.2, -0.15) is 0 Å². The van der Waals surface area contributed by atoms with Crippen LogP contribution in [0.25, 0.3) is 43.9 Å². The molecule has 6 aromatic rings. The summed E-state index contributed by atoms with van der Waals surface area (Å²) in [6, 6.07) is 5.28. The lowest BCUT2D eigenvalue weighted by Crippen LogP contribution is -2.33. The molecule has 4 aromatic carbocycles. The fourth-order valence-electron chi connectivity index (χ4n) is 8.46. The first-order chi connectivity index (χ1) is 22.6. The third kappa shape index (κ3) is 3.65. The molecule has 3 atom stereocenters. The molecule has 2 aliphatic rings. The van der Waals surface area contributed by atoms with Gasteiger partial charge >= 0.3 is 0 Å². The lowest BCUT2D eigenvalue weighted by Gasteiger charge is -2.43. The quantitative estimate of drug-likeness (QED) is 0.0576. The second-order valence-electron chi connectivity index (χ2n) is 13.5. The van der Waals surface area contributed by atoms with Crippen LogP contribution in [0.1, 0.15) is 55.7 Å².